The molecule has 0 aliphatic heterocycles. The molecule has 4 nitrogen and oxygen atoms in total. The number of halogens is 1. The van der Waals surface area contributed by atoms with Crippen LogP contribution in [0.4, 0.5) is 5.69 Å². The Balaban J connectivity index is 1.95. The molecular weight excluding hydrogens is 314 g/mol. The fourth-order valence-electron chi connectivity index (χ4n) is 1.92. The number of nitrogens with one attached hydrogen (secondary N) is 1. The number of hydrogen-bond acceptors (Lipinski definition) is 3. The van der Waals surface area contributed by atoms with Gasteiger partial charge < -0.3 is 14.8 Å². The van der Waals surface area contributed by atoms with Gasteiger partial charge in [-0.3, -0.25) is 4.79 Å². The number of methoxy groups -OCH3 is 1. The van der Waals surface area contributed by atoms with Crippen LogP contribution in [0.3, 0.4) is 0 Å². The zero-order chi connectivity index (χ0) is 16.7. The highest BCUT2D eigenvalue weighted by Gasteiger charge is 2.02. The lowest BCUT2D eigenvalue weighted by Crippen LogP contribution is -2.08. The van der Waals surface area contributed by atoms with Gasteiger partial charge in [0.1, 0.15) is 5.75 Å². The minimum Gasteiger partial charge on any atom is -0.468 e. The van der Waals surface area contributed by atoms with Gasteiger partial charge in [-0.1, -0.05) is 23.7 Å². The molecule has 5 heteroatoms. The molecule has 2 aromatic carbocycles. The third-order valence-electron chi connectivity index (χ3n) is 3.10. The van der Waals surface area contributed by atoms with E-state index in [-0.39, 0.29) is 12.7 Å². The van der Waals surface area contributed by atoms with Gasteiger partial charge in [-0.2, -0.15) is 0 Å². The molecule has 0 heterocycles. The van der Waals surface area contributed by atoms with E-state index in [0.29, 0.717) is 10.8 Å². The second kappa shape index (κ2) is 8.36. The van der Waals surface area contributed by atoms with Crippen LogP contribution in [0.25, 0.3) is 6.08 Å². The summed E-state index contributed by atoms with van der Waals surface area (Å²) in [6.45, 7) is 2.10. The minimum absolute atomic E-state index is 0.199. The van der Waals surface area contributed by atoms with E-state index < -0.39 is 0 Å². The zero-order valence-corrected chi connectivity index (χ0v) is 13.8. The number of ether oxygens (including phenoxy) is 2. The molecule has 0 saturated carbocycles. The number of carbonyl (C=O) groups is 1. The second-order valence-electron chi connectivity index (χ2n) is 4.90. The molecule has 0 unspecified atom stereocenters. The summed E-state index contributed by atoms with van der Waals surface area (Å²) in [6, 6.07) is 12.7. The van der Waals surface area contributed by atoms with Crippen LogP contribution in [0.15, 0.2) is 48.5 Å². The first-order chi connectivity index (χ1) is 11.1. The van der Waals surface area contributed by atoms with Crippen molar-refractivity contribution >= 4 is 29.3 Å². The van der Waals surface area contributed by atoms with E-state index in [2.05, 4.69) is 5.32 Å². The summed E-state index contributed by atoms with van der Waals surface area (Å²) in [7, 11) is 1.57. The first-order valence-electron chi connectivity index (χ1n) is 7.05. The standard InChI is InChI=1S/C18H18ClNO3/c1-13-11-15(19)6-9-17(13)20-18(21)10-5-14-3-7-16(8-4-14)23-12-22-2/h3-11H,12H2,1-2H3,(H,20,21)/b10-5+. The summed E-state index contributed by atoms with van der Waals surface area (Å²) >= 11 is 5.89. The summed E-state index contributed by atoms with van der Waals surface area (Å²) in [4.78, 5) is 12.0. The van der Waals surface area contributed by atoms with Gasteiger partial charge in [-0.15, -0.1) is 0 Å². The van der Waals surface area contributed by atoms with Gasteiger partial charge in [0.25, 0.3) is 0 Å². The van der Waals surface area contributed by atoms with Gasteiger partial charge in [-0.25, -0.2) is 0 Å². The first-order valence-corrected chi connectivity index (χ1v) is 7.43. The molecule has 0 atom stereocenters. The Bertz CT molecular complexity index is 696. The van der Waals surface area contributed by atoms with Crippen LogP contribution in [0, 0.1) is 6.92 Å². The molecule has 0 fully saturated rings. The molecule has 2 rings (SSSR count). The topological polar surface area (TPSA) is 47.6 Å². The largest absolute Gasteiger partial charge is 0.468 e. The Morgan fingerprint density at radius 3 is 2.61 bits per heavy atom. The Morgan fingerprint density at radius 2 is 1.96 bits per heavy atom. The van der Waals surface area contributed by atoms with E-state index in [1.165, 1.54) is 6.08 Å². The molecule has 1 N–H and O–H groups in total. The lowest BCUT2D eigenvalue weighted by atomic mass is 10.2. The molecule has 0 spiro atoms. The lowest BCUT2D eigenvalue weighted by molar-refractivity contribution is -0.111. The highest BCUT2D eigenvalue weighted by molar-refractivity contribution is 6.30. The Kier molecular flexibility index (Phi) is 6.20. The molecule has 23 heavy (non-hydrogen) atoms. The molecule has 2 aromatic rings. The van der Waals surface area contributed by atoms with E-state index in [9.17, 15) is 4.79 Å². The van der Waals surface area contributed by atoms with E-state index in [4.69, 9.17) is 21.1 Å². The van der Waals surface area contributed by atoms with Gasteiger partial charge in [0, 0.05) is 23.9 Å². The Hall–Kier alpha value is -2.30. The van der Waals surface area contributed by atoms with Gasteiger partial charge in [0.2, 0.25) is 5.91 Å². The van der Waals surface area contributed by atoms with Crippen LogP contribution in [0.5, 0.6) is 5.75 Å². The number of rotatable bonds is 6. The van der Waals surface area contributed by atoms with Crippen LogP contribution in [0.1, 0.15) is 11.1 Å². The molecule has 0 aliphatic carbocycles. The maximum atomic E-state index is 12.0. The number of aryl methyl sites for hydroxylation is 1. The second-order valence-corrected chi connectivity index (χ2v) is 5.34. The van der Waals surface area contributed by atoms with Crippen LogP contribution >= 0.6 is 11.6 Å². The van der Waals surface area contributed by atoms with Gasteiger partial charge in [-0.05, 0) is 54.5 Å². The van der Waals surface area contributed by atoms with E-state index in [0.717, 1.165) is 16.8 Å². The van der Waals surface area contributed by atoms with Crippen LogP contribution in [-0.4, -0.2) is 19.8 Å². The molecular formula is C18H18ClNO3. The molecule has 1 amide bonds. The molecule has 0 radical (unpaired) electrons. The average Bonchev–Trinajstić information content (AvgIpc) is 2.54. The van der Waals surface area contributed by atoms with Crippen molar-refractivity contribution < 1.29 is 14.3 Å². The monoisotopic (exact) mass is 331 g/mol. The summed E-state index contributed by atoms with van der Waals surface area (Å²) in [5, 5.41) is 3.47. The summed E-state index contributed by atoms with van der Waals surface area (Å²) in [5.41, 5.74) is 2.56. The third-order valence-corrected chi connectivity index (χ3v) is 3.33. The summed E-state index contributed by atoms with van der Waals surface area (Å²) < 4.78 is 10.1. The van der Waals surface area contributed by atoms with Gasteiger partial charge in [0.15, 0.2) is 6.79 Å². The van der Waals surface area contributed by atoms with Crippen molar-refractivity contribution in [3.05, 3.63) is 64.7 Å². The number of amides is 1. The number of anilines is 1. The maximum absolute atomic E-state index is 12.0. The number of hydrogen-bond donors (Lipinski definition) is 1. The van der Waals surface area contributed by atoms with Gasteiger partial charge >= 0.3 is 0 Å². The highest BCUT2D eigenvalue weighted by atomic mass is 35.5. The number of carbonyl (C=O) groups excluding carboxylic acids is 1. The maximum Gasteiger partial charge on any atom is 0.248 e. The van der Waals surface area contributed by atoms with Crippen molar-refractivity contribution in [2.75, 3.05) is 19.2 Å². The molecule has 0 aliphatic rings. The zero-order valence-electron chi connectivity index (χ0n) is 13.0. The van der Waals surface area contributed by atoms with Crippen LogP contribution in [0.2, 0.25) is 5.02 Å². The third kappa shape index (κ3) is 5.43. The predicted octanol–water partition coefficient (Wildman–Crippen LogP) is 4.28. The molecule has 0 bridgehead atoms. The fourth-order valence-corrected chi connectivity index (χ4v) is 2.14. The van der Waals surface area contributed by atoms with E-state index in [1.54, 1.807) is 31.4 Å². The number of benzene rings is 2. The normalized spacial score (nSPS) is 10.7. The SMILES string of the molecule is COCOc1ccc(/C=C/C(=O)Nc2ccc(Cl)cc2C)cc1. The minimum atomic E-state index is -0.199. The molecule has 0 aromatic heterocycles. The smallest absolute Gasteiger partial charge is 0.248 e. The van der Waals surface area contributed by atoms with Crippen molar-refractivity contribution in [3.63, 3.8) is 0 Å². The quantitative estimate of drug-likeness (QED) is 0.634. The van der Waals surface area contributed by atoms with Crippen molar-refractivity contribution in [2.45, 2.75) is 6.92 Å². The van der Waals surface area contributed by atoms with E-state index >= 15 is 0 Å². The predicted molar refractivity (Wildman–Crippen MR) is 92.8 cm³/mol. The Morgan fingerprint density at radius 1 is 1.22 bits per heavy atom. The molecule has 120 valence electrons. The van der Waals surface area contributed by atoms with E-state index in [1.807, 2.05) is 31.2 Å². The highest BCUT2D eigenvalue weighted by Crippen LogP contribution is 2.19. The molecule has 0 saturated heterocycles. The fraction of sp³-hybridized carbons (Fsp3) is 0.167. The Labute approximate surface area is 140 Å². The van der Waals surface area contributed by atoms with Crippen molar-refractivity contribution in [2.24, 2.45) is 0 Å². The van der Waals surface area contributed by atoms with Crippen LogP contribution < -0.4 is 10.1 Å². The average molecular weight is 332 g/mol. The van der Waals surface area contributed by atoms with Crippen molar-refractivity contribution in [1.29, 1.82) is 0 Å². The lowest BCUT2D eigenvalue weighted by Gasteiger charge is -2.06. The van der Waals surface area contributed by atoms with Crippen LogP contribution in [-0.2, 0) is 9.53 Å². The van der Waals surface area contributed by atoms with Crippen molar-refractivity contribution in [3.8, 4) is 5.75 Å². The summed E-state index contributed by atoms with van der Waals surface area (Å²) in [6.07, 6.45) is 3.22. The van der Waals surface area contributed by atoms with Gasteiger partial charge in [0.05, 0.1) is 0 Å². The summed E-state index contributed by atoms with van der Waals surface area (Å²) in [5.74, 6) is 0.514. The first kappa shape index (κ1) is 17.1. The van der Waals surface area contributed by atoms with Crippen molar-refractivity contribution in [1.82, 2.24) is 0 Å².